The molecule has 1 saturated carbocycles. The molecular weight excluding hydrogens is 372 g/mol. The van der Waals surface area contributed by atoms with Crippen molar-refractivity contribution < 1.29 is 13.2 Å². The van der Waals surface area contributed by atoms with Crippen LogP contribution in [0.15, 0.2) is 29.6 Å². The summed E-state index contributed by atoms with van der Waals surface area (Å²) in [5.41, 5.74) is 0.747. The second-order valence-corrected chi connectivity index (χ2v) is 10.2. The fraction of sp³-hybridized carbons (Fsp3) is 0.588. The smallest absolute Gasteiger partial charge is 0.233 e. The van der Waals surface area contributed by atoms with Gasteiger partial charge in [-0.05, 0) is 31.4 Å². The summed E-state index contributed by atoms with van der Waals surface area (Å²) in [4.78, 5) is 14.9. The minimum Gasteiger partial charge on any atom is -0.335 e. The maximum absolute atomic E-state index is 13.0. The minimum atomic E-state index is -3.02. The van der Waals surface area contributed by atoms with Crippen molar-refractivity contribution in [2.24, 2.45) is 0 Å². The highest BCUT2D eigenvalue weighted by molar-refractivity contribution is 7.99. The highest BCUT2D eigenvalue weighted by Gasteiger charge is 2.38. The molecule has 140 valence electrons. The number of amides is 1. The molecule has 9 heteroatoms. The number of aromatic nitrogens is 3. The molecular formula is C17H22N4O3S2. The van der Waals surface area contributed by atoms with Gasteiger partial charge in [-0.1, -0.05) is 30.7 Å². The zero-order valence-corrected chi connectivity index (χ0v) is 16.1. The molecule has 0 N–H and O–H groups in total. The number of nitrogens with zero attached hydrogens (tertiary/aromatic N) is 4. The summed E-state index contributed by atoms with van der Waals surface area (Å²) in [6.07, 6.45) is 6.59. The van der Waals surface area contributed by atoms with E-state index in [-0.39, 0.29) is 35.2 Å². The lowest BCUT2D eigenvalue weighted by molar-refractivity contribution is -0.132. The first-order valence-corrected chi connectivity index (χ1v) is 11.8. The van der Waals surface area contributed by atoms with Gasteiger partial charge in [0.05, 0.1) is 17.3 Å². The molecule has 1 unspecified atom stereocenters. The lowest BCUT2D eigenvalue weighted by Crippen LogP contribution is -2.47. The van der Waals surface area contributed by atoms with E-state index in [9.17, 15) is 13.2 Å². The Hall–Kier alpha value is -1.61. The molecule has 3 heterocycles. The Balaban J connectivity index is 1.49. The van der Waals surface area contributed by atoms with Gasteiger partial charge in [0.25, 0.3) is 0 Å². The Bertz CT molecular complexity index is 906. The van der Waals surface area contributed by atoms with E-state index in [1.807, 2.05) is 33.7 Å². The second kappa shape index (κ2) is 7.19. The molecule has 7 nitrogen and oxygen atoms in total. The summed E-state index contributed by atoms with van der Waals surface area (Å²) in [5.74, 6) is 0.559. The lowest BCUT2D eigenvalue weighted by atomic mass is 10.1. The number of hydrogen-bond donors (Lipinski definition) is 0. The molecule has 2 aliphatic rings. The average molecular weight is 395 g/mol. The van der Waals surface area contributed by atoms with E-state index in [0.717, 1.165) is 31.3 Å². The molecule has 26 heavy (non-hydrogen) atoms. The number of pyridine rings is 1. The Kier molecular flexibility index (Phi) is 4.92. The second-order valence-electron chi connectivity index (χ2n) is 7.00. The monoisotopic (exact) mass is 394 g/mol. The first-order chi connectivity index (χ1) is 12.5. The van der Waals surface area contributed by atoms with Gasteiger partial charge >= 0.3 is 0 Å². The number of carbonyl (C=O) groups excluding carboxylic acids is 1. The van der Waals surface area contributed by atoms with E-state index >= 15 is 0 Å². The van der Waals surface area contributed by atoms with Crippen LogP contribution in [-0.4, -0.2) is 63.2 Å². The lowest BCUT2D eigenvalue weighted by Gasteiger charge is -2.34. The summed E-state index contributed by atoms with van der Waals surface area (Å²) < 4.78 is 25.7. The van der Waals surface area contributed by atoms with Gasteiger partial charge in [0.2, 0.25) is 5.91 Å². The number of thioether (sulfide) groups is 1. The summed E-state index contributed by atoms with van der Waals surface area (Å²) in [6, 6.07) is 5.66. The zero-order valence-electron chi connectivity index (χ0n) is 14.5. The van der Waals surface area contributed by atoms with Crippen LogP contribution in [0.5, 0.6) is 0 Å². The summed E-state index contributed by atoms with van der Waals surface area (Å²) >= 11 is 1.36. The third-order valence-corrected chi connectivity index (χ3v) is 7.89. The molecule has 0 radical (unpaired) electrons. The number of hydrogen-bond acceptors (Lipinski definition) is 6. The fourth-order valence-corrected chi connectivity index (χ4v) is 6.51. The van der Waals surface area contributed by atoms with Gasteiger partial charge in [0, 0.05) is 18.3 Å². The van der Waals surface area contributed by atoms with Gasteiger partial charge in [0.15, 0.2) is 20.6 Å². The van der Waals surface area contributed by atoms with Crippen LogP contribution in [0.2, 0.25) is 0 Å². The van der Waals surface area contributed by atoms with Crippen LogP contribution in [0.25, 0.3) is 5.65 Å². The SMILES string of the molecule is O=C(CSc1nnc2ccccn12)N(C1CCCC1)C1CCS(=O)(=O)C1. The molecule has 1 saturated heterocycles. The Labute approximate surface area is 157 Å². The molecule has 0 aromatic carbocycles. The number of fused-ring (bicyclic) bond motifs is 1. The van der Waals surface area contributed by atoms with E-state index < -0.39 is 9.84 Å². The molecule has 4 rings (SSSR count). The first kappa shape index (κ1) is 17.8. The molecule has 0 spiro atoms. The molecule has 2 aromatic heterocycles. The van der Waals surface area contributed by atoms with Crippen molar-refractivity contribution in [1.82, 2.24) is 19.5 Å². The normalized spacial score (nSPS) is 22.8. The average Bonchev–Trinajstić information content (AvgIpc) is 3.34. The number of carbonyl (C=O) groups is 1. The van der Waals surface area contributed by atoms with E-state index in [1.54, 1.807) is 0 Å². The summed E-state index contributed by atoms with van der Waals surface area (Å²) in [5, 5.41) is 8.94. The van der Waals surface area contributed by atoms with Crippen molar-refractivity contribution in [3.05, 3.63) is 24.4 Å². The van der Waals surface area contributed by atoms with Gasteiger partial charge < -0.3 is 4.90 Å². The molecule has 2 fully saturated rings. The standard InChI is InChI=1S/C17H22N4O3S2/c22-16(11-25-17-19-18-15-7-3-4-9-20(15)17)21(13-5-1-2-6-13)14-8-10-26(23,24)12-14/h3-4,7,9,13-14H,1-2,5-6,8,10-12H2. The maximum Gasteiger partial charge on any atom is 0.233 e. The maximum atomic E-state index is 13.0. The van der Waals surface area contributed by atoms with Crippen molar-refractivity contribution in [3.63, 3.8) is 0 Å². The van der Waals surface area contributed by atoms with Crippen LogP contribution in [0.1, 0.15) is 32.1 Å². The highest BCUT2D eigenvalue weighted by Crippen LogP contribution is 2.30. The van der Waals surface area contributed by atoms with Crippen molar-refractivity contribution in [2.75, 3.05) is 17.3 Å². The first-order valence-electron chi connectivity index (χ1n) is 8.98. The largest absolute Gasteiger partial charge is 0.335 e. The molecule has 1 aliphatic heterocycles. The molecule has 2 aromatic rings. The van der Waals surface area contributed by atoms with E-state index in [1.165, 1.54) is 11.8 Å². The van der Waals surface area contributed by atoms with Crippen LogP contribution < -0.4 is 0 Å². The van der Waals surface area contributed by atoms with Crippen LogP contribution in [0.4, 0.5) is 0 Å². The topological polar surface area (TPSA) is 84.6 Å². The predicted octanol–water partition coefficient (Wildman–Crippen LogP) is 1.78. The molecule has 0 bridgehead atoms. The third-order valence-electron chi connectivity index (χ3n) is 5.22. The van der Waals surface area contributed by atoms with Gasteiger partial charge in [-0.15, -0.1) is 10.2 Å². The fourth-order valence-electron chi connectivity index (χ4n) is 4.00. The zero-order chi connectivity index (χ0) is 18.1. The van der Waals surface area contributed by atoms with Gasteiger partial charge in [-0.25, -0.2) is 8.42 Å². The van der Waals surface area contributed by atoms with Crippen LogP contribution in [0, 0.1) is 0 Å². The van der Waals surface area contributed by atoms with E-state index in [2.05, 4.69) is 10.2 Å². The van der Waals surface area contributed by atoms with Gasteiger partial charge in [0.1, 0.15) is 0 Å². The Morgan fingerprint density at radius 2 is 2.00 bits per heavy atom. The number of rotatable bonds is 5. The summed E-state index contributed by atoms with van der Waals surface area (Å²) in [7, 11) is -3.02. The van der Waals surface area contributed by atoms with Crippen LogP contribution in [0.3, 0.4) is 0 Å². The Morgan fingerprint density at radius 1 is 1.19 bits per heavy atom. The van der Waals surface area contributed by atoms with Crippen molar-refractivity contribution >= 4 is 33.2 Å². The van der Waals surface area contributed by atoms with Gasteiger partial charge in [-0.2, -0.15) is 0 Å². The van der Waals surface area contributed by atoms with Crippen LogP contribution >= 0.6 is 11.8 Å². The predicted molar refractivity (Wildman–Crippen MR) is 99.9 cm³/mol. The quantitative estimate of drug-likeness (QED) is 0.719. The summed E-state index contributed by atoms with van der Waals surface area (Å²) in [6.45, 7) is 0. The van der Waals surface area contributed by atoms with Crippen molar-refractivity contribution in [1.29, 1.82) is 0 Å². The Morgan fingerprint density at radius 3 is 2.73 bits per heavy atom. The van der Waals surface area contributed by atoms with Crippen molar-refractivity contribution in [3.8, 4) is 0 Å². The van der Waals surface area contributed by atoms with E-state index in [0.29, 0.717) is 11.6 Å². The van der Waals surface area contributed by atoms with E-state index in [4.69, 9.17) is 0 Å². The molecule has 1 atom stereocenters. The highest BCUT2D eigenvalue weighted by atomic mass is 32.2. The van der Waals surface area contributed by atoms with Crippen molar-refractivity contribution in [2.45, 2.75) is 49.3 Å². The molecule has 1 amide bonds. The minimum absolute atomic E-state index is 0.0108. The van der Waals surface area contributed by atoms with Crippen LogP contribution in [-0.2, 0) is 14.6 Å². The molecule has 1 aliphatic carbocycles. The third kappa shape index (κ3) is 3.59. The number of sulfone groups is 1. The van der Waals surface area contributed by atoms with Gasteiger partial charge in [-0.3, -0.25) is 9.20 Å².